The van der Waals surface area contributed by atoms with Crippen LogP contribution in [0.5, 0.6) is 0 Å². The first kappa shape index (κ1) is 16.6. The van der Waals surface area contributed by atoms with E-state index in [0.717, 1.165) is 18.1 Å². The number of amides is 1. The van der Waals surface area contributed by atoms with E-state index in [0.29, 0.717) is 11.8 Å². The van der Waals surface area contributed by atoms with Crippen LogP contribution >= 0.6 is 24.0 Å². The Morgan fingerprint density at radius 2 is 1.86 bits per heavy atom. The largest absolute Gasteiger partial charge is 0.349 e. The molecule has 2 atom stereocenters. The van der Waals surface area contributed by atoms with Crippen LogP contribution in [0.15, 0.2) is 24.3 Å². The number of carbonyl (C=O) groups excluding carboxylic acids is 1. The second-order valence-electron chi connectivity index (χ2n) is 6.08. The third kappa shape index (κ3) is 3.91. The van der Waals surface area contributed by atoms with Crippen LogP contribution in [0.4, 0.5) is 0 Å². The van der Waals surface area contributed by atoms with Gasteiger partial charge in [0.05, 0.1) is 6.04 Å². The van der Waals surface area contributed by atoms with Crippen LogP contribution in [0.1, 0.15) is 31.4 Å². The number of hydrogen-bond acceptors (Lipinski definition) is 2. The Hall–Kier alpha value is -0.770. The highest BCUT2D eigenvalue weighted by Crippen LogP contribution is 2.41. The average molecular weight is 329 g/mol. The Kier molecular flexibility index (Phi) is 5.53. The van der Waals surface area contributed by atoms with Gasteiger partial charge in [0.1, 0.15) is 0 Å². The van der Waals surface area contributed by atoms with E-state index in [1.165, 1.54) is 18.4 Å². The van der Waals surface area contributed by atoms with Crippen molar-refractivity contribution in [2.75, 3.05) is 13.1 Å². The molecular formula is C16H22Cl2N2O. The molecule has 0 aromatic heterocycles. The van der Waals surface area contributed by atoms with Gasteiger partial charge in [0.25, 0.3) is 0 Å². The number of rotatable bonds is 5. The molecule has 1 heterocycles. The summed E-state index contributed by atoms with van der Waals surface area (Å²) in [5, 5.41) is 7.22. The SMILES string of the molecule is CC(C(=O)NC(c1ccc(Cl)cc1)C1CC1)C1CNC1.Cl. The Morgan fingerprint density at radius 1 is 1.24 bits per heavy atom. The van der Waals surface area contributed by atoms with Gasteiger partial charge in [0.15, 0.2) is 0 Å². The number of benzene rings is 1. The zero-order valence-corrected chi connectivity index (χ0v) is 13.7. The maximum Gasteiger partial charge on any atom is 0.223 e. The van der Waals surface area contributed by atoms with E-state index in [9.17, 15) is 4.79 Å². The molecule has 5 heteroatoms. The lowest BCUT2D eigenvalue weighted by Crippen LogP contribution is -2.50. The van der Waals surface area contributed by atoms with Crippen molar-refractivity contribution in [3.05, 3.63) is 34.9 Å². The summed E-state index contributed by atoms with van der Waals surface area (Å²) in [6, 6.07) is 8.01. The standard InChI is InChI=1S/C16H21ClN2O.ClH/c1-10(13-8-18-9-13)16(20)19-15(11-2-3-11)12-4-6-14(17)7-5-12;/h4-7,10-11,13,15,18H,2-3,8-9H2,1H3,(H,19,20);1H. The van der Waals surface area contributed by atoms with Crippen molar-refractivity contribution >= 4 is 29.9 Å². The Balaban J connectivity index is 0.00000161. The van der Waals surface area contributed by atoms with Crippen LogP contribution in [0.25, 0.3) is 0 Å². The van der Waals surface area contributed by atoms with Crippen molar-refractivity contribution in [3.8, 4) is 0 Å². The quantitative estimate of drug-likeness (QED) is 0.871. The Labute approximate surface area is 137 Å². The van der Waals surface area contributed by atoms with Crippen LogP contribution in [0, 0.1) is 17.8 Å². The summed E-state index contributed by atoms with van der Waals surface area (Å²) in [7, 11) is 0. The van der Waals surface area contributed by atoms with E-state index < -0.39 is 0 Å². The summed E-state index contributed by atoms with van der Waals surface area (Å²) >= 11 is 5.94. The third-order valence-electron chi connectivity index (χ3n) is 4.55. The number of carbonyl (C=O) groups is 1. The normalized spacial score (nSPS) is 20.9. The summed E-state index contributed by atoms with van der Waals surface area (Å²) in [5.41, 5.74) is 1.17. The van der Waals surface area contributed by atoms with Crippen LogP contribution < -0.4 is 10.6 Å². The summed E-state index contributed by atoms with van der Waals surface area (Å²) in [6.07, 6.45) is 2.40. The molecule has 1 aliphatic carbocycles. The predicted octanol–water partition coefficient (Wildman–Crippen LogP) is 3.18. The molecule has 1 saturated heterocycles. The van der Waals surface area contributed by atoms with Gasteiger partial charge in [0.2, 0.25) is 5.91 Å². The zero-order chi connectivity index (χ0) is 14.1. The highest BCUT2D eigenvalue weighted by Gasteiger charge is 2.36. The molecule has 3 rings (SSSR count). The fourth-order valence-electron chi connectivity index (χ4n) is 2.74. The monoisotopic (exact) mass is 328 g/mol. The highest BCUT2D eigenvalue weighted by molar-refractivity contribution is 6.30. The lowest BCUT2D eigenvalue weighted by molar-refractivity contribution is -0.127. The summed E-state index contributed by atoms with van der Waals surface area (Å²) < 4.78 is 0. The van der Waals surface area contributed by atoms with E-state index >= 15 is 0 Å². The molecule has 3 nitrogen and oxygen atoms in total. The Morgan fingerprint density at radius 3 is 2.33 bits per heavy atom. The van der Waals surface area contributed by atoms with Crippen molar-refractivity contribution in [3.63, 3.8) is 0 Å². The molecule has 21 heavy (non-hydrogen) atoms. The molecular weight excluding hydrogens is 307 g/mol. The lowest BCUT2D eigenvalue weighted by Gasteiger charge is -2.33. The second kappa shape index (κ2) is 6.99. The van der Waals surface area contributed by atoms with E-state index in [1.54, 1.807) is 0 Å². The van der Waals surface area contributed by atoms with Crippen molar-refractivity contribution in [2.24, 2.45) is 17.8 Å². The van der Waals surface area contributed by atoms with Crippen LogP contribution in [0.2, 0.25) is 5.02 Å². The van der Waals surface area contributed by atoms with Gasteiger partial charge in [-0.05, 0) is 55.5 Å². The molecule has 1 aromatic rings. The lowest BCUT2D eigenvalue weighted by atomic mass is 9.88. The molecule has 1 saturated carbocycles. The van der Waals surface area contributed by atoms with Crippen LogP contribution in [-0.4, -0.2) is 19.0 Å². The van der Waals surface area contributed by atoms with E-state index in [1.807, 2.05) is 31.2 Å². The van der Waals surface area contributed by atoms with Crippen LogP contribution in [-0.2, 0) is 4.79 Å². The average Bonchev–Trinajstić information content (AvgIpc) is 3.19. The van der Waals surface area contributed by atoms with Gasteiger partial charge in [-0.15, -0.1) is 12.4 Å². The van der Waals surface area contributed by atoms with E-state index in [2.05, 4.69) is 10.6 Å². The summed E-state index contributed by atoms with van der Waals surface area (Å²) in [5.74, 6) is 1.35. The van der Waals surface area contributed by atoms with Crippen molar-refractivity contribution in [1.29, 1.82) is 0 Å². The smallest absolute Gasteiger partial charge is 0.223 e. The predicted molar refractivity (Wildman–Crippen MR) is 87.8 cm³/mol. The Bertz CT molecular complexity index is 484. The minimum Gasteiger partial charge on any atom is -0.349 e. The zero-order valence-electron chi connectivity index (χ0n) is 12.1. The van der Waals surface area contributed by atoms with Gasteiger partial charge in [-0.1, -0.05) is 30.7 Å². The third-order valence-corrected chi connectivity index (χ3v) is 4.81. The molecule has 2 fully saturated rings. The number of halogens is 2. The molecule has 1 aliphatic heterocycles. The topological polar surface area (TPSA) is 41.1 Å². The van der Waals surface area contributed by atoms with Gasteiger partial charge in [0, 0.05) is 10.9 Å². The molecule has 1 aromatic carbocycles. The maximum atomic E-state index is 12.4. The van der Waals surface area contributed by atoms with Gasteiger partial charge < -0.3 is 10.6 Å². The maximum absolute atomic E-state index is 12.4. The summed E-state index contributed by atoms with van der Waals surface area (Å²) in [6.45, 7) is 3.96. The summed E-state index contributed by atoms with van der Waals surface area (Å²) in [4.78, 5) is 12.4. The highest BCUT2D eigenvalue weighted by atomic mass is 35.5. The molecule has 0 radical (unpaired) electrons. The van der Waals surface area contributed by atoms with Crippen LogP contribution in [0.3, 0.4) is 0 Å². The molecule has 0 bridgehead atoms. The molecule has 2 aliphatic rings. The second-order valence-corrected chi connectivity index (χ2v) is 6.52. The van der Waals surface area contributed by atoms with Crippen molar-refractivity contribution in [2.45, 2.75) is 25.8 Å². The fourth-order valence-corrected chi connectivity index (χ4v) is 2.86. The molecule has 1 amide bonds. The first-order chi connectivity index (χ1) is 9.65. The first-order valence-electron chi connectivity index (χ1n) is 7.41. The van der Waals surface area contributed by atoms with Gasteiger partial charge in [-0.3, -0.25) is 4.79 Å². The molecule has 0 spiro atoms. The molecule has 116 valence electrons. The molecule has 2 N–H and O–H groups in total. The van der Waals surface area contributed by atoms with Gasteiger partial charge >= 0.3 is 0 Å². The molecule has 2 unspecified atom stereocenters. The number of nitrogens with one attached hydrogen (secondary N) is 2. The minimum atomic E-state index is 0. The van der Waals surface area contributed by atoms with Crippen molar-refractivity contribution in [1.82, 2.24) is 10.6 Å². The fraction of sp³-hybridized carbons (Fsp3) is 0.562. The van der Waals surface area contributed by atoms with Gasteiger partial charge in [-0.25, -0.2) is 0 Å². The van der Waals surface area contributed by atoms with E-state index in [4.69, 9.17) is 11.6 Å². The first-order valence-corrected chi connectivity index (χ1v) is 7.79. The van der Waals surface area contributed by atoms with Crippen molar-refractivity contribution < 1.29 is 4.79 Å². The minimum absolute atomic E-state index is 0. The number of hydrogen-bond donors (Lipinski definition) is 2. The van der Waals surface area contributed by atoms with E-state index in [-0.39, 0.29) is 30.3 Å². The van der Waals surface area contributed by atoms with Gasteiger partial charge in [-0.2, -0.15) is 0 Å².